The Labute approximate surface area is 152 Å². The molecule has 0 bridgehead atoms. The van der Waals surface area contributed by atoms with Crippen molar-refractivity contribution >= 4 is 11.9 Å². The summed E-state index contributed by atoms with van der Waals surface area (Å²) < 4.78 is 9.93. The minimum Gasteiger partial charge on any atom is -0.469 e. The summed E-state index contributed by atoms with van der Waals surface area (Å²) in [4.78, 5) is 37.9. The Balaban J connectivity index is 2.14. The van der Waals surface area contributed by atoms with Gasteiger partial charge < -0.3 is 19.2 Å². The van der Waals surface area contributed by atoms with Gasteiger partial charge in [-0.3, -0.25) is 9.59 Å². The number of nitrogens with zero attached hydrogens (tertiary/aromatic N) is 1. The number of amides is 1. The van der Waals surface area contributed by atoms with Gasteiger partial charge in [0.05, 0.1) is 19.6 Å². The van der Waals surface area contributed by atoms with E-state index in [1.54, 1.807) is 13.0 Å². The summed E-state index contributed by atoms with van der Waals surface area (Å²) in [6.45, 7) is 6.16. The summed E-state index contributed by atoms with van der Waals surface area (Å²) in [5.74, 6) is -0.252. The molecule has 1 amide bonds. The number of aliphatic hydroxyl groups is 1. The van der Waals surface area contributed by atoms with Crippen LogP contribution < -0.4 is 5.63 Å². The van der Waals surface area contributed by atoms with Crippen LogP contribution in [-0.2, 0) is 16.0 Å². The fraction of sp³-hybridized carbons (Fsp3) is 0.632. The predicted molar refractivity (Wildman–Crippen MR) is 94.9 cm³/mol. The molecule has 1 aromatic rings. The molecule has 2 rings (SSSR count). The molecule has 0 aromatic carbocycles. The molecule has 1 saturated heterocycles. The average molecular weight is 365 g/mol. The average Bonchev–Trinajstić information content (AvgIpc) is 2.92. The first-order valence-corrected chi connectivity index (χ1v) is 8.90. The van der Waals surface area contributed by atoms with Crippen molar-refractivity contribution in [3.63, 3.8) is 0 Å². The van der Waals surface area contributed by atoms with Gasteiger partial charge in [-0.15, -0.1) is 0 Å². The maximum absolute atomic E-state index is 12.8. The van der Waals surface area contributed by atoms with Gasteiger partial charge in [-0.05, 0) is 30.9 Å². The summed E-state index contributed by atoms with van der Waals surface area (Å²) in [6.07, 6.45) is 0.744. The van der Waals surface area contributed by atoms with E-state index in [9.17, 15) is 19.5 Å². The Bertz CT molecular complexity index is 723. The Morgan fingerprint density at radius 1 is 1.38 bits per heavy atom. The zero-order valence-corrected chi connectivity index (χ0v) is 15.8. The largest absolute Gasteiger partial charge is 0.469 e. The van der Waals surface area contributed by atoms with E-state index < -0.39 is 29.5 Å². The number of likely N-dealkylation sites (tertiary alicyclic amines) is 1. The Hall–Kier alpha value is -2.15. The molecule has 0 unspecified atom stereocenters. The molecule has 0 radical (unpaired) electrons. The first-order valence-electron chi connectivity index (χ1n) is 8.90. The quantitative estimate of drug-likeness (QED) is 0.768. The number of methoxy groups -OCH3 is 1. The van der Waals surface area contributed by atoms with E-state index in [0.29, 0.717) is 23.7 Å². The van der Waals surface area contributed by atoms with Gasteiger partial charge in [0, 0.05) is 25.4 Å². The van der Waals surface area contributed by atoms with E-state index in [1.807, 2.05) is 0 Å². The van der Waals surface area contributed by atoms with E-state index >= 15 is 0 Å². The van der Waals surface area contributed by atoms with Gasteiger partial charge >= 0.3 is 11.6 Å². The first kappa shape index (κ1) is 20.2. The van der Waals surface area contributed by atoms with Crippen molar-refractivity contribution in [3.8, 4) is 0 Å². The first-order chi connectivity index (χ1) is 12.2. The van der Waals surface area contributed by atoms with Gasteiger partial charge in [0.25, 0.3) is 5.91 Å². The van der Waals surface area contributed by atoms with Crippen molar-refractivity contribution in [1.82, 2.24) is 4.90 Å². The van der Waals surface area contributed by atoms with Crippen LogP contribution in [0.5, 0.6) is 0 Å². The van der Waals surface area contributed by atoms with E-state index in [0.717, 1.165) is 6.42 Å². The van der Waals surface area contributed by atoms with Crippen molar-refractivity contribution < 1.29 is 23.8 Å². The number of ether oxygens (including phenoxy) is 1. The van der Waals surface area contributed by atoms with Crippen LogP contribution in [0.3, 0.4) is 0 Å². The minimum atomic E-state index is -0.823. The van der Waals surface area contributed by atoms with E-state index in [1.165, 1.54) is 12.0 Å². The van der Waals surface area contributed by atoms with Crippen molar-refractivity contribution in [2.24, 2.45) is 11.8 Å². The standard InChI is InChI=1S/C19H27NO6/c1-11(2)5-6-14-7-12(3)17(19(24)26-14)18(23)20-9-13(15(21)10-20)8-16(22)25-4/h7,11,13,15,21H,5-6,8-10H2,1-4H3/t13-,15-/m1/s1. The maximum Gasteiger partial charge on any atom is 0.349 e. The van der Waals surface area contributed by atoms with Crippen LogP contribution in [0.4, 0.5) is 0 Å². The van der Waals surface area contributed by atoms with Gasteiger partial charge in [-0.2, -0.15) is 0 Å². The third-order valence-corrected chi connectivity index (χ3v) is 4.73. The second kappa shape index (κ2) is 8.49. The molecule has 0 aliphatic carbocycles. The second-order valence-corrected chi connectivity index (χ2v) is 7.31. The number of hydrogen-bond acceptors (Lipinski definition) is 6. The molecule has 7 heteroatoms. The highest BCUT2D eigenvalue weighted by molar-refractivity contribution is 5.95. The molecule has 144 valence electrons. The molecule has 26 heavy (non-hydrogen) atoms. The van der Waals surface area contributed by atoms with Crippen LogP contribution in [0.25, 0.3) is 0 Å². The zero-order chi connectivity index (χ0) is 19.4. The molecule has 1 fully saturated rings. The van der Waals surface area contributed by atoms with Crippen LogP contribution >= 0.6 is 0 Å². The minimum absolute atomic E-state index is 0.00999. The van der Waals surface area contributed by atoms with Crippen LogP contribution in [-0.4, -0.2) is 48.2 Å². The molecular weight excluding hydrogens is 338 g/mol. The Kier molecular flexibility index (Phi) is 6.58. The second-order valence-electron chi connectivity index (χ2n) is 7.31. The molecule has 1 aromatic heterocycles. The van der Waals surface area contributed by atoms with Gasteiger partial charge in [-0.1, -0.05) is 13.8 Å². The number of esters is 1. The molecule has 0 saturated carbocycles. The predicted octanol–water partition coefficient (Wildman–Crippen LogP) is 1.53. The maximum atomic E-state index is 12.8. The lowest BCUT2D eigenvalue weighted by molar-refractivity contribution is -0.142. The molecule has 1 N–H and O–H groups in total. The van der Waals surface area contributed by atoms with Gasteiger partial charge in [0.15, 0.2) is 0 Å². The number of carbonyl (C=O) groups is 2. The third kappa shape index (κ3) is 4.72. The van der Waals surface area contributed by atoms with Crippen LogP contribution in [0.2, 0.25) is 0 Å². The Morgan fingerprint density at radius 2 is 2.08 bits per heavy atom. The molecule has 2 atom stereocenters. The van der Waals surface area contributed by atoms with Crippen LogP contribution in [0.1, 0.15) is 48.4 Å². The van der Waals surface area contributed by atoms with E-state index in [-0.39, 0.29) is 25.1 Å². The van der Waals surface area contributed by atoms with Crippen molar-refractivity contribution in [2.45, 2.75) is 46.1 Å². The van der Waals surface area contributed by atoms with Crippen LogP contribution in [0.15, 0.2) is 15.3 Å². The molecule has 7 nitrogen and oxygen atoms in total. The number of rotatable bonds is 6. The lowest BCUT2D eigenvalue weighted by Gasteiger charge is -2.17. The van der Waals surface area contributed by atoms with Crippen molar-refractivity contribution in [3.05, 3.63) is 33.4 Å². The van der Waals surface area contributed by atoms with E-state index in [4.69, 9.17) is 4.42 Å². The van der Waals surface area contributed by atoms with Crippen LogP contribution in [0, 0.1) is 18.8 Å². The summed E-state index contributed by atoms with van der Waals surface area (Å²) in [5.41, 5.74) is -0.0974. The third-order valence-electron chi connectivity index (χ3n) is 4.73. The van der Waals surface area contributed by atoms with Gasteiger partial charge in [0.2, 0.25) is 0 Å². The SMILES string of the molecule is COC(=O)C[C@@H]1CN(C(=O)c2c(C)cc(CCC(C)C)oc2=O)C[C@H]1O. The summed E-state index contributed by atoms with van der Waals surface area (Å²) >= 11 is 0. The highest BCUT2D eigenvalue weighted by atomic mass is 16.5. The van der Waals surface area contributed by atoms with Gasteiger partial charge in [0.1, 0.15) is 11.3 Å². The van der Waals surface area contributed by atoms with Crippen molar-refractivity contribution in [1.29, 1.82) is 0 Å². The number of aryl methyl sites for hydroxylation is 2. The number of hydrogen-bond donors (Lipinski definition) is 1. The number of carbonyl (C=O) groups excluding carboxylic acids is 2. The number of β-amino-alcohol motifs (C(OH)–C–C–N with tert-alkyl or cyclic N) is 1. The topological polar surface area (TPSA) is 97.0 Å². The van der Waals surface area contributed by atoms with Crippen molar-refractivity contribution in [2.75, 3.05) is 20.2 Å². The van der Waals surface area contributed by atoms with Gasteiger partial charge in [-0.25, -0.2) is 4.79 Å². The molecule has 1 aliphatic heterocycles. The normalized spacial score (nSPS) is 19.8. The molecule has 0 spiro atoms. The summed E-state index contributed by atoms with van der Waals surface area (Å²) in [5, 5.41) is 10.1. The summed E-state index contributed by atoms with van der Waals surface area (Å²) in [6, 6.07) is 1.73. The summed E-state index contributed by atoms with van der Waals surface area (Å²) in [7, 11) is 1.28. The monoisotopic (exact) mass is 365 g/mol. The molecule has 2 heterocycles. The highest BCUT2D eigenvalue weighted by Crippen LogP contribution is 2.23. The fourth-order valence-electron chi connectivity index (χ4n) is 3.16. The molecular formula is C19H27NO6. The molecule has 1 aliphatic rings. The highest BCUT2D eigenvalue weighted by Gasteiger charge is 2.37. The smallest absolute Gasteiger partial charge is 0.349 e. The van der Waals surface area contributed by atoms with E-state index in [2.05, 4.69) is 18.6 Å². The lowest BCUT2D eigenvalue weighted by atomic mass is 10.0. The fourth-order valence-corrected chi connectivity index (χ4v) is 3.16. The Morgan fingerprint density at radius 3 is 2.65 bits per heavy atom. The lowest BCUT2D eigenvalue weighted by Crippen LogP contribution is -2.34. The number of aliphatic hydroxyl groups excluding tert-OH is 1. The zero-order valence-electron chi connectivity index (χ0n) is 15.8.